The summed E-state index contributed by atoms with van der Waals surface area (Å²) in [6.07, 6.45) is 0. The molecule has 1 N–H and O–H groups in total. The third-order valence-electron chi connectivity index (χ3n) is 4.28. The lowest BCUT2D eigenvalue weighted by molar-refractivity contribution is 0.0729. The molecule has 3 heterocycles. The van der Waals surface area contributed by atoms with Crippen LogP contribution in [-0.2, 0) is 14.8 Å². The zero-order chi connectivity index (χ0) is 20.4. The molecule has 3 aromatic rings. The van der Waals surface area contributed by atoms with E-state index in [1.807, 2.05) is 22.9 Å². The molecule has 1 amide bonds. The predicted molar refractivity (Wildman–Crippen MR) is 109 cm³/mol. The number of carbonyl (C=O) groups excluding carboxylic acids is 1. The van der Waals surface area contributed by atoms with E-state index >= 15 is 0 Å². The van der Waals surface area contributed by atoms with Gasteiger partial charge in [-0.05, 0) is 29.6 Å². The minimum Gasteiger partial charge on any atom is -0.379 e. The van der Waals surface area contributed by atoms with Crippen LogP contribution in [0.1, 0.15) is 10.4 Å². The normalized spacial score (nSPS) is 15.3. The summed E-state index contributed by atoms with van der Waals surface area (Å²) < 4.78 is 46.1. The number of hydrogen-bond donors (Lipinski definition) is 1. The van der Waals surface area contributed by atoms with Gasteiger partial charge in [0.05, 0.1) is 23.8 Å². The fourth-order valence-electron chi connectivity index (χ4n) is 2.81. The quantitative estimate of drug-likeness (QED) is 0.641. The topological polar surface area (TPSA) is 88.6 Å². The molecule has 29 heavy (non-hydrogen) atoms. The van der Waals surface area contributed by atoms with Crippen molar-refractivity contribution in [3.05, 3.63) is 52.5 Å². The average molecular weight is 454 g/mol. The van der Waals surface area contributed by atoms with Gasteiger partial charge in [-0.25, -0.2) is 17.8 Å². The van der Waals surface area contributed by atoms with E-state index in [4.69, 9.17) is 4.74 Å². The Morgan fingerprint density at radius 3 is 2.72 bits per heavy atom. The third kappa shape index (κ3) is 4.23. The highest BCUT2D eigenvalue weighted by atomic mass is 32.2. The molecule has 0 spiro atoms. The van der Waals surface area contributed by atoms with Gasteiger partial charge in [-0.3, -0.25) is 10.1 Å². The fraction of sp³-hybridized carbons (Fsp3) is 0.222. The molecule has 2 aromatic heterocycles. The molecule has 0 aliphatic carbocycles. The number of sulfonamides is 1. The number of halogens is 1. The van der Waals surface area contributed by atoms with Crippen molar-refractivity contribution in [2.45, 2.75) is 4.90 Å². The summed E-state index contributed by atoms with van der Waals surface area (Å²) in [4.78, 5) is 17.4. The van der Waals surface area contributed by atoms with Crippen LogP contribution in [0.4, 0.5) is 9.52 Å². The molecule has 1 aliphatic heterocycles. The molecule has 11 heteroatoms. The number of thiophene rings is 1. The smallest absolute Gasteiger partial charge is 0.257 e. The van der Waals surface area contributed by atoms with Gasteiger partial charge in [0, 0.05) is 24.0 Å². The van der Waals surface area contributed by atoms with E-state index in [2.05, 4.69) is 10.3 Å². The zero-order valence-electron chi connectivity index (χ0n) is 15.0. The van der Waals surface area contributed by atoms with Gasteiger partial charge in [0.25, 0.3) is 5.91 Å². The second kappa shape index (κ2) is 8.28. The standard InChI is InChI=1S/C18H16FN3O4S3/c19-13-4-3-12(10-16(13)29(24,25)22-5-7-26-8-6-22)17(23)21-18-20-14(11-28-18)15-2-1-9-27-15/h1-4,9-11H,5-8H2,(H,20,21,23). The molecular weight excluding hydrogens is 437 g/mol. The van der Waals surface area contributed by atoms with E-state index in [1.165, 1.54) is 28.7 Å². The van der Waals surface area contributed by atoms with Crippen molar-refractivity contribution >= 4 is 43.7 Å². The first-order chi connectivity index (χ1) is 13.9. The maximum atomic E-state index is 14.3. The minimum absolute atomic E-state index is 0.0334. The lowest BCUT2D eigenvalue weighted by atomic mass is 10.2. The molecule has 7 nitrogen and oxygen atoms in total. The van der Waals surface area contributed by atoms with Crippen molar-refractivity contribution in [3.63, 3.8) is 0 Å². The lowest BCUT2D eigenvalue weighted by Crippen LogP contribution is -2.41. The molecule has 0 unspecified atom stereocenters. The predicted octanol–water partition coefficient (Wildman–Crippen LogP) is 3.28. The van der Waals surface area contributed by atoms with E-state index < -0.39 is 26.6 Å². The Hall–Kier alpha value is -2.18. The van der Waals surface area contributed by atoms with Crippen molar-refractivity contribution in [3.8, 4) is 10.6 Å². The first kappa shape index (κ1) is 20.1. The maximum absolute atomic E-state index is 14.3. The van der Waals surface area contributed by atoms with Crippen LogP contribution in [0.2, 0.25) is 0 Å². The first-order valence-electron chi connectivity index (χ1n) is 8.63. The monoisotopic (exact) mass is 453 g/mol. The van der Waals surface area contributed by atoms with Gasteiger partial charge >= 0.3 is 0 Å². The van der Waals surface area contributed by atoms with Gasteiger partial charge in [0.15, 0.2) is 5.13 Å². The summed E-state index contributed by atoms with van der Waals surface area (Å²) in [6, 6.07) is 7.13. The van der Waals surface area contributed by atoms with Crippen LogP contribution in [0.3, 0.4) is 0 Å². The van der Waals surface area contributed by atoms with Crippen LogP contribution < -0.4 is 5.32 Å². The van der Waals surface area contributed by atoms with E-state index in [9.17, 15) is 17.6 Å². The molecule has 0 saturated carbocycles. The van der Waals surface area contributed by atoms with Gasteiger partial charge in [-0.1, -0.05) is 6.07 Å². The minimum atomic E-state index is -4.06. The number of ether oxygens (including phenoxy) is 1. The van der Waals surface area contributed by atoms with Crippen molar-refractivity contribution in [2.24, 2.45) is 0 Å². The van der Waals surface area contributed by atoms with Crippen molar-refractivity contribution in [2.75, 3.05) is 31.6 Å². The summed E-state index contributed by atoms with van der Waals surface area (Å²) in [5.41, 5.74) is 0.779. The molecular formula is C18H16FN3O4S3. The van der Waals surface area contributed by atoms with Crippen LogP contribution in [0.25, 0.3) is 10.6 Å². The summed E-state index contributed by atoms with van der Waals surface area (Å²) >= 11 is 2.79. The SMILES string of the molecule is O=C(Nc1nc(-c2cccs2)cs1)c1ccc(F)c(S(=O)(=O)N2CCOCC2)c1. The van der Waals surface area contributed by atoms with Crippen molar-refractivity contribution in [1.29, 1.82) is 0 Å². The summed E-state index contributed by atoms with van der Waals surface area (Å²) in [5.74, 6) is -1.46. The number of thiazole rings is 1. The average Bonchev–Trinajstić information content (AvgIpc) is 3.40. The molecule has 152 valence electrons. The molecule has 0 atom stereocenters. The van der Waals surface area contributed by atoms with Gasteiger partial charge in [0.2, 0.25) is 10.0 Å². The van der Waals surface area contributed by atoms with Gasteiger partial charge in [-0.15, -0.1) is 22.7 Å². The van der Waals surface area contributed by atoms with Gasteiger partial charge < -0.3 is 4.74 Å². The number of anilines is 1. The number of morpholine rings is 1. The van der Waals surface area contributed by atoms with Crippen LogP contribution in [0.15, 0.2) is 46.0 Å². The van der Waals surface area contributed by atoms with Crippen LogP contribution in [0.5, 0.6) is 0 Å². The summed E-state index contributed by atoms with van der Waals surface area (Å²) in [5, 5.41) is 6.77. The number of nitrogens with one attached hydrogen (secondary N) is 1. The highest BCUT2D eigenvalue weighted by Gasteiger charge is 2.29. The Labute approximate surface area is 174 Å². The molecule has 0 radical (unpaired) electrons. The lowest BCUT2D eigenvalue weighted by Gasteiger charge is -2.26. The van der Waals surface area contributed by atoms with Crippen molar-refractivity contribution < 1.29 is 22.3 Å². The van der Waals surface area contributed by atoms with Crippen LogP contribution in [0, 0.1) is 5.82 Å². The summed E-state index contributed by atoms with van der Waals surface area (Å²) in [6.45, 7) is 0.779. The van der Waals surface area contributed by atoms with E-state index in [0.717, 1.165) is 27.0 Å². The highest BCUT2D eigenvalue weighted by molar-refractivity contribution is 7.89. The van der Waals surface area contributed by atoms with E-state index in [0.29, 0.717) is 5.13 Å². The van der Waals surface area contributed by atoms with Crippen LogP contribution >= 0.6 is 22.7 Å². The molecule has 1 aliphatic rings. The Kier molecular flexibility index (Phi) is 5.74. The molecule has 1 fully saturated rings. The second-order valence-electron chi connectivity index (χ2n) is 6.13. The molecule has 4 rings (SSSR count). The third-order valence-corrected chi connectivity index (χ3v) is 7.84. The Morgan fingerprint density at radius 2 is 2.00 bits per heavy atom. The number of aromatic nitrogens is 1. The number of hydrogen-bond acceptors (Lipinski definition) is 7. The largest absolute Gasteiger partial charge is 0.379 e. The molecule has 1 saturated heterocycles. The highest BCUT2D eigenvalue weighted by Crippen LogP contribution is 2.29. The van der Waals surface area contributed by atoms with Gasteiger partial charge in [0.1, 0.15) is 10.7 Å². The molecule has 0 bridgehead atoms. The number of benzene rings is 1. The zero-order valence-corrected chi connectivity index (χ0v) is 17.4. The number of nitrogens with zero attached hydrogens (tertiary/aromatic N) is 2. The van der Waals surface area contributed by atoms with E-state index in [-0.39, 0.29) is 31.9 Å². The Morgan fingerprint density at radius 1 is 1.21 bits per heavy atom. The van der Waals surface area contributed by atoms with E-state index in [1.54, 1.807) is 0 Å². The number of carbonyl (C=O) groups is 1. The second-order valence-corrected chi connectivity index (χ2v) is 9.84. The Bertz CT molecular complexity index is 1120. The Balaban J connectivity index is 1.56. The molecule has 1 aromatic carbocycles. The number of rotatable bonds is 5. The number of amides is 1. The maximum Gasteiger partial charge on any atom is 0.257 e. The van der Waals surface area contributed by atoms with Crippen LogP contribution in [-0.4, -0.2) is 49.9 Å². The van der Waals surface area contributed by atoms with Gasteiger partial charge in [-0.2, -0.15) is 4.31 Å². The fourth-order valence-corrected chi connectivity index (χ4v) is 5.77. The summed E-state index contributed by atoms with van der Waals surface area (Å²) in [7, 11) is -4.06. The first-order valence-corrected chi connectivity index (χ1v) is 11.8. The van der Waals surface area contributed by atoms with Crippen molar-refractivity contribution in [1.82, 2.24) is 9.29 Å².